The number of unbranched alkanes of at least 4 members (excludes halogenated alkanes) is 3. The van der Waals surface area contributed by atoms with Crippen LogP contribution in [0.25, 0.3) is 10.9 Å². The van der Waals surface area contributed by atoms with Crippen molar-refractivity contribution in [2.45, 2.75) is 38.5 Å². The minimum absolute atomic E-state index is 0.124. The summed E-state index contributed by atoms with van der Waals surface area (Å²) in [4.78, 5) is 26.0. The van der Waals surface area contributed by atoms with Crippen LogP contribution in [-0.4, -0.2) is 21.9 Å². The Balaban J connectivity index is 1.71. The van der Waals surface area contributed by atoms with E-state index in [1.54, 1.807) is 5.48 Å². The molecular formula is C16H20N2O3. The number of para-hydroxylation sites is 1. The average molecular weight is 288 g/mol. The first kappa shape index (κ1) is 15.3. The first-order valence-electron chi connectivity index (χ1n) is 7.24. The molecule has 5 nitrogen and oxygen atoms in total. The number of fused-ring (bicyclic) bond motifs is 1. The van der Waals surface area contributed by atoms with Gasteiger partial charge in [-0.3, -0.25) is 14.8 Å². The van der Waals surface area contributed by atoms with E-state index in [2.05, 4.69) is 4.98 Å². The number of rotatable bonds is 8. The number of hydrogen-bond acceptors (Lipinski definition) is 3. The van der Waals surface area contributed by atoms with Crippen molar-refractivity contribution < 1.29 is 14.8 Å². The molecule has 0 saturated heterocycles. The Morgan fingerprint density at radius 1 is 1.05 bits per heavy atom. The summed E-state index contributed by atoms with van der Waals surface area (Å²) in [7, 11) is 0. The molecule has 1 heterocycles. The monoisotopic (exact) mass is 288 g/mol. The fraction of sp³-hybridized carbons (Fsp3) is 0.375. The van der Waals surface area contributed by atoms with Crippen LogP contribution in [0, 0.1) is 0 Å². The van der Waals surface area contributed by atoms with Gasteiger partial charge < -0.3 is 4.98 Å². The molecule has 2 rings (SSSR count). The van der Waals surface area contributed by atoms with Gasteiger partial charge in [0.2, 0.25) is 5.91 Å². The van der Waals surface area contributed by atoms with Gasteiger partial charge in [-0.2, -0.15) is 0 Å². The second-order valence-corrected chi connectivity index (χ2v) is 5.14. The molecule has 0 aliphatic rings. The molecule has 0 saturated carbocycles. The van der Waals surface area contributed by atoms with Crippen LogP contribution in [0.5, 0.6) is 0 Å². The number of aromatic nitrogens is 1. The van der Waals surface area contributed by atoms with Crippen molar-refractivity contribution in [2.24, 2.45) is 0 Å². The van der Waals surface area contributed by atoms with Crippen LogP contribution < -0.4 is 5.48 Å². The van der Waals surface area contributed by atoms with Gasteiger partial charge in [-0.25, -0.2) is 5.48 Å². The van der Waals surface area contributed by atoms with E-state index in [0.717, 1.165) is 36.6 Å². The molecule has 21 heavy (non-hydrogen) atoms. The van der Waals surface area contributed by atoms with Gasteiger partial charge in [0, 0.05) is 23.7 Å². The fourth-order valence-corrected chi connectivity index (χ4v) is 2.34. The fourth-order valence-electron chi connectivity index (χ4n) is 2.34. The number of aromatic amines is 1. The zero-order valence-electron chi connectivity index (χ0n) is 11.9. The number of hydrogen-bond donors (Lipinski definition) is 3. The van der Waals surface area contributed by atoms with E-state index in [-0.39, 0.29) is 11.7 Å². The maximum absolute atomic E-state index is 12.1. The SMILES string of the molecule is O=C(CCCCCCC(=O)c1cc2ccccc2[nH]1)NO. The number of Topliss-reactive ketones (excluding diaryl/α,β-unsaturated/α-hetero) is 1. The Morgan fingerprint density at radius 2 is 1.76 bits per heavy atom. The molecule has 0 bridgehead atoms. The molecule has 1 aromatic carbocycles. The Hall–Kier alpha value is -2.14. The third-order valence-corrected chi connectivity index (χ3v) is 3.51. The number of H-pyrrole nitrogens is 1. The minimum atomic E-state index is -0.357. The second kappa shape index (κ2) is 7.59. The Bertz CT molecular complexity index is 586. The van der Waals surface area contributed by atoms with Gasteiger partial charge in [0.1, 0.15) is 0 Å². The van der Waals surface area contributed by atoms with Gasteiger partial charge in [0.05, 0.1) is 5.69 Å². The van der Waals surface area contributed by atoms with Gasteiger partial charge >= 0.3 is 0 Å². The van der Waals surface area contributed by atoms with Crippen molar-refractivity contribution in [1.29, 1.82) is 0 Å². The lowest BCUT2D eigenvalue weighted by molar-refractivity contribution is -0.129. The molecule has 112 valence electrons. The number of amides is 1. The molecule has 0 atom stereocenters. The van der Waals surface area contributed by atoms with Crippen molar-refractivity contribution >= 4 is 22.6 Å². The topological polar surface area (TPSA) is 82.2 Å². The highest BCUT2D eigenvalue weighted by Crippen LogP contribution is 2.17. The van der Waals surface area contributed by atoms with Crippen molar-refractivity contribution in [1.82, 2.24) is 10.5 Å². The van der Waals surface area contributed by atoms with E-state index in [0.29, 0.717) is 18.5 Å². The molecule has 0 aliphatic heterocycles. The molecule has 2 aromatic rings. The number of benzene rings is 1. The smallest absolute Gasteiger partial charge is 0.243 e. The highest BCUT2D eigenvalue weighted by Gasteiger charge is 2.09. The van der Waals surface area contributed by atoms with Gasteiger partial charge in [0.15, 0.2) is 5.78 Å². The first-order valence-corrected chi connectivity index (χ1v) is 7.24. The molecule has 1 amide bonds. The molecule has 0 spiro atoms. The van der Waals surface area contributed by atoms with Crippen LogP contribution >= 0.6 is 0 Å². The van der Waals surface area contributed by atoms with Gasteiger partial charge in [-0.15, -0.1) is 0 Å². The predicted molar refractivity (Wildman–Crippen MR) is 80.3 cm³/mol. The van der Waals surface area contributed by atoms with E-state index < -0.39 is 0 Å². The van der Waals surface area contributed by atoms with Gasteiger partial charge in [0.25, 0.3) is 0 Å². The summed E-state index contributed by atoms with van der Waals surface area (Å²) in [5.41, 5.74) is 3.26. The Kier molecular flexibility index (Phi) is 5.51. The Morgan fingerprint density at radius 3 is 2.48 bits per heavy atom. The van der Waals surface area contributed by atoms with E-state index in [1.165, 1.54) is 0 Å². The molecule has 1 aromatic heterocycles. The van der Waals surface area contributed by atoms with Crippen molar-refractivity contribution in [3.63, 3.8) is 0 Å². The van der Waals surface area contributed by atoms with Crippen LogP contribution in [0.2, 0.25) is 0 Å². The van der Waals surface area contributed by atoms with Crippen LogP contribution in [-0.2, 0) is 4.79 Å². The van der Waals surface area contributed by atoms with Crippen LogP contribution in [0.15, 0.2) is 30.3 Å². The third kappa shape index (κ3) is 4.43. The van der Waals surface area contributed by atoms with Crippen LogP contribution in [0.1, 0.15) is 49.0 Å². The summed E-state index contributed by atoms with van der Waals surface area (Å²) >= 11 is 0. The number of carbonyl (C=O) groups excluding carboxylic acids is 2. The van der Waals surface area contributed by atoms with Gasteiger partial charge in [-0.05, 0) is 25.0 Å². The lowest BCUT2D eigenvalue weighted by Crippen LogP contribution is -2.17. The largest absolute Gasteiger partial charge is 0.352 e. The predicted octanol–water partition coefficient (Wildman–Crippen LogP) is 3.20. The summed E-state index contributed by atoms with van der Waals surface area (Å²) in [5.74, 6) is -0.233. The third-order valence-electron chi connectivity index (χ3n) is 3.51. The van der Waals surface area contributed by atoms with Crippen molar-refractivity contribution in [2.75, 3.05) is 0 Å². The molecule has 0 unspecified atom stereocenters. The molecule has 3 N–H and O–H groups in total. The molecule has 0 radical (unpaired) electrons. The van der Waals surface area contributed by atoms with E-state index in [9.17, 15) is 9.59 Å². The quantitative estimate of drug-likeness (QED) is 0.302. The average Bonchev–Trinajstić information content (AvgIpc) is 2.94. The van der Waals surface area contributed by atoms with Crippen LogP contribution in [0.3, 0.4) is 0 Å². The van der Waals surface area contributed by atoms with E-state index >= 15 is 0 Å². The standard InChI is InChI=1S/C16H20N2O3/c19-15(9-3-1-2-4-10-16(20)18-21)14-11-12-7-5-6-8-13(12)17-14/h5-8,11,17,21H,1-4,9-10H2,(H,18,20). The molecule has 0 aliphatic carbocycles. The Labute approximate surface area is 123 Å². The lowest BCUT2D eigenvalue weighted by atomic mass is 10.1. The maximum Gasteiger partial charge on any atom is 0.243 e. The summed E-state index contributed by atoms with van der Waals surface area (Å²) in [5, 5.41) is 9.40. The number of hydroxylamine groups is 1. The summed E-state index contributed by atoms with van der Waals surface area (Å²) in [6, 6.07) is 9.72. The van der Waals surface area contributed by atoms with Gasteiger partial charge in [-0.1, -0.05) is 31.0 Å². The number of carbonyl (C=O) groups is 2. The highest BCUT2D eigenvalue weighted by molar-refractivity contribution is 5.99. The number of ketones is 1. The molecule has 0 fully saturated rings. The zero-order valence-corrected chi connectivity index (χ0v) is 11.9. The minimum Gasteiger partial charge on any atom is -0.352 e. The molecule has 5 heteroatoms. The molecular weight excluding hydrogens is 268 g/mol. The summed E-state index contributed by atoms with van der Waals surface area (Å²) in [6.07, 6.45) is 4.17. The van der Waals surface area contributed by atoms with Crippen molar-refractivity contribution in [3.8, 4) is 0 Å². The normalized spacial score (nSPS) is 10.7. The maximum atomic E-state index is 12.1. The zero-order chi connectivity index (χ0) is 15.1. The second-order valence-electron chi connectivity index (χ2n) is 5.14. The highest BCUT2D eigenvalue weighted by atomic mass is 16.5. The van der Waals surface area contributed by atoms with Crippen molar-refractivity contribution in [3.05, 3.63) is 36.0 Å². The summed E-state index contributed by atoms with van der Waals surface area (Å²) < 4.78 is 0. The number of nitrogens with one attached hydrogen (secondary N) is 2. The lowest BCUT2D eigenvalue weighted by Gasteiger charge is -2.00. The van der Waals surface area contributed by atoms with Crippen LogP contribution in [0.4, 0.5) is 0 Å². The van der Waals surface area contributed by atoms with E-state index in [1.807, 2.05) is 30.3 Å². The van der Waals surface area contributed by atoms with E-state index in [4.69, 9.17) is 5.21 Å². The first-order chi connectivity index (χ1) is 10.2. The summed E-state index contributed by atoms with van der Waals surface area (Å²) in [6.45, 7) is 0.